The molecular formula is C27H30FN7O3S. The van der Waals surface area contributed by atoms with Gasteiger partial charge in [0.15, 0.2) is 5.82 Å². The van der Waals surface area contributed by atoms with E-state index in [-0.39, 0.29) is 17.6 Å². The van der Waals surface area contributed by atoms with E-state index in [1.54, 1.807) is 30.3 Å². The van der Waals surface area contributed by atoms with E-state index in [1.165, 1.54) is 23.5 Å². The second kappa shape index (κ2) is 11.8. The number of amides is 2. The van der Waals surface area contributed by atoms with E-state index in [2.05, 4.69) is 37.8 Å². The smallest absolute Gasteiger partial charge is 0.279 e. The van der Waals surface area contributed by atoms with Crippen LogP contribution in [0.3, 0.4) is 0 Å². The average Bonchev–Trinajstić information content (AvgIpc) is 3.54. The molecule has 0 aliphatic carbocycles. The summed E-state index contributed by atoms with van der Waals surface area (Å²) in [6.07, 6.45) is 0. The highest BCUT2D eigenvalue weighted by atomic mass is 32.1. The summed E-state index contributed by atoms with van der Waals surface area (Å²) in [6.45, 7) is 4.66. The molecule has 4 aromatic rings. The quantitative estimate of drug-likeness (QED) is 0.273. The summed E-state index contributed by atoms with van der Waals surface area (Å²) in [5, 5.41) is 12.2. The highest BCUT2D eigenvalue weighted by molar-refractivity contribution is 7.20. The Morgan fingerprint density at radius 1 is 1.08 bits per heavy atom. The van der Waals surface area contributed by atoms with E-state index >= 15 is 0 Å². The minimum atomic E-state index is -0.364. The van der Waals surface area contributed by atoms with Crippen molar-refractivity contribution in [2.24, 2.45) is 0 Å². The Morgan fingerprint density at radius 3 is 2.49 bits per heavy atom. The summed E-state index contributed by atoms with van der Waals surface area (Å²) in [5.74, 6) is -0.644. The second-order valence-corrected chi connectivity index (χ2v) is 10.3. The van der Waals surface area contributed by atoms with Crippen molar-refractivity contribution in [3.05, 3.63) is 70.9 Å². The SMILES string of the molecule is COCCN(NC(=O)c1cc2c(NC(=O)c3ccc(N4CCN(C)CC4)cc3)n[nH]c2s1)c1ccc(F)cc1. The van der Waals surface area contributed by atoms with Gasteiger partial charge >= 0.3 is 0 Å². The molecule has 0 spiro atoms. The first-order chi connectivity index (χ1) is 18.9. The molecule has 0 unspecified atom stereocenters. The molecule has 39 heavy (non-hydrogen) atoms. The molecule has 0 bridgehead atoms. The third kappa shape index (κ3) is 6.19. The fourth-order valence-corrected chi connectivity index (χ4v) is 5.21. The van der Waals surface area contributed by atoms with Crippen molar-refractivity contribution in [2.45, 2.75) is 0 Å². The number of methoxy groups -OCH3 is 1. The number of thiophene rings is 1. The summed E-state index contributed by atoms with van der Waals surface area (Å²) in [4.78, 5) is 31.7. The number of rotatable bonds is 9. The molecule has 3 N–H and O–H groups in total. The first kappa shape index (κ1) is 26.6. The molecule has 1 aliphatic heterocycles. The van der Waals surface area contributed by atoms with Gasteiger partial charge in [0, 0.05) is 44.5 Å². The molecule has 0 radical (unpaired) electrons. The Morgan fingerprint density at radius 2 is 1.79 bits per heavy atom. The number of nitrogens with one attached hydrogen (secondary N) is 3. The normalized spacial score (nSPS) is 14.0. The number of nitrogens with zero attached hydrogens (tertiary/aromatic N) is 4. The molecule has 5 rings (SSSR count). The van der Waals surface area contributed by atoms with Crippen molar-refractivity contribution in [1.29, 1.82) is 0 Å². The standard InChI is InChI=1S/C27H30FN7O3S/c1-33-11-13-34(14-12-33)20-7-3-18(4-8-20)25(36)29-24-22-17-23(39-27(22)31-30-24)26(37)32-35(15-16-38-2)21-9-5-19(28)6-10-21/h3-10,17H,11-16H2,1-2H3,(H,32,37)(H2,29,30,31,36). The number of hydrazine groups is 1. The van der Waals surface area contributed by atoms with Gasteiger partial charge in [-0.3, -0.25) is 25.1 Å². The number of likely N-dealkylation sites (N-methyl/N-ethyl adjacent to an activating group) is 1. The molecule has 3 heterocycles. The summed E-state index contributed by atoms with van der Waals surface area (Å²) in [6, 6.07) is 15.1. The number of benzene rings is 2. The maximum atomic E-state index is 13.4. The minimum absolute atomic E-state index is 0.285. The maximum absolute atomic E-state index is 13.4. The van der Waals surface area contributed by atoms with E-state index < -0.39 is 0 Å². The summed E-state index contributed by atoms with van der Waals surface area (Å²) >= 11 is 1.22. The largest absolute Gasteiger partial charge is 0.383 e. The van der Waals surface area contributed by atoms with Gasteiger partial charge in [-0.25, -0.2) is 4.39 Å². The Kier molecular flexibility index (Phi) is 8.05. The fourth-order valence-electron chi connectivity index (χ4n) is 4.32. The Balaban J connectivity index is 1.26. The van der Waals surface area contributed by atoms with Crippen LogP contribution in [0, 0.1) is 5.82 Å². The van der Waals surface area contributed by atoms with E-state index in [0.29, 0.717) is 45.3 Å². The molecule has 12 heteroatoms. The van der Waals surface area contributed by atoms with Crippen molar-refractivity contribution >= 4 is 50.6 Å². The van der Waals surface area contributed by atoms with Crippen molar-refractivity contribution in [1.82, 2.24) is 20.5 Å². The lowest BCUT2D eigenvalue weighted by Gasteiger charge is -2.34. The van der Waals surface area contributed by atoms with E-state index in [9.17, 15) is 14.0 Å². The number of carbonyl (C=O) groups is 2. The molecule has 0 saturated carbocycles. The summed E-state index contributed by atoms with van der Waals surface area (Å²) in [5.41, 5.74) is 5.08. The molecule has 0 atom stereocenters. The molecule has 1 aliphatic rings. The zero-order valence-corrected chi connectivity index (χ0v) is 22.6. The van der Waals surface area contributed by atoms with Crippen LogP contribution in [0.25, 0.3) is 10.2 Å². The molecule has 1 fully saturated rings. The number of fused-ring (bicyclic) bond motifs is 1. The van der Waals surface area contributed by atoms with Crippen LogP contribution in [0.15, 0.2) is 54.6 Å². The zero-order valence-electron chi connectivity index (χ0n) is 21.7. The number of hydrogen-bond donors (Lipinski definition) is 3. The Bertz CT molecular complexity index is 1430. The van der Waals surface area contributed by atoms with Gasteiger partial charge in [-0.2, -0.15) is 5.10 Å². The maximum Gasteiger partial charge on any atom is 0.279 e. The number of anilines is 3. The van der Waals surface area contributed by atoms with Crippen LogP contribution >= 0.6 is 11.3 Å². The van der Waals surface area contributed by atoms with Crippen LogP contribution < -0.4 is 20.7 Å². The number of ether oxygens (including phenoxy) is 1. The van der Waals surface area contributed by atoms with Crippen LogP contribution in [-0.4, -0.2) is 80.4 Å². The van der Waals surface area contributed by atoms with Crippen LogP contribution in [-0.2, 0) is 4.74 Å². The first-order valence-electron chi connectivity index (χ1n) is 12.6. The van der Waals surface area contributed by atoms with Gasteiger partial charge in [-0.05, 0) is 61.6 Å². The number of hydrogen-bond acceptors (Lipinski definition) is 8. The van der Waals surface area contributed by atoms with Crippen molar-refractivity contribution < 1.29 is 18.7 Å². The average molecular weight is 552 g/mol. The van der Waals surface area contributed by atoms with Crippen LogP contribution in [0.2, 0.25) is 0 Å². The number of piperazine rings is 1. The van der Waals surface area contributed by atoms with Crippen LogP contribution in [0.5, 0.6) is 0 Å². The first-order valence-corrected chi connectivity index (χ1v) is 13.4. The van der Waals surface area contributed by atoms with Gasteiger partial charge in [0.1, 0.15) is 10.6 Å². The van der Waals surface area contributed by atoms with Gasteiger partial charge in [-0.15, -0.1) is 11.3 Å². The van der Waals surface area contributed by atoms with Crippen molar-refractivity contribution in [3.8, 4) is 0 Å². The zero-order chi connectivity index (χ0) is 27.4. The number of halogens is 1. The Hall–Kier alpha value is -4.00. The lowest BCUT2D eigenvalue weighted by atomic mass is 10.1. The summed E-state index contributed by atoms with van der Waals surface area (Å²) in [7, 11) is 3.68. The van der Waals surface area contributed by atoms with E-state index in [4.69, 9.17) is 4.74 Å². The van der Waals surface area contributed by atoms with Gasteiger partial charge in [0.25, 0.3) is 11.8 Å². The third-order valence-electron chi connectivity index (χ3n) is 6.60. The van der Waals surface area contributed by atoms with Crippen LogP contribution in [0.4, 0.5) is 21.6 Å². The van der Waals surface area contributed by atoms with Crippen molar-refractivity contribution in [2.75, 3.05) is 68.7 Å². The van der Waals surface area contributed by atoms with Gasteiger partial charge in [0.2, 0.25) is 0 Å². The van der Waals surface area contributed by atoms with Gasteiger partial charge < -0.3 is 19.9 Å². The number of carbonyl (C=O) groups excluding carboxylic acids is 2. The fraction of sp³-hybridized carbons (Fsp3) is 0.296. The van der Waals surface area contributed by atoms with E-state index in [0.717, 1.165) is 31.9 Å². The van der Waals surface area contributed by atoms with E-state index in [1.807, 2.05) is 24.3 Å². The number of H-pyrrole nitrogens is 1. The molecule has 2 amide bonds. The van der Waals surface area contributed by atoms with Gasteiger partial charge in [-0.1, -0.05) is 0 Å². The number of aromatic amines is 1. The molecular weight excluding hydrogens is 521 g/mol. The predicted molar refractivity (Wildman–Crippen MR) is 151 cm³/mol. The third-order valence-corrected chi connectivity index (χ3v) is 7.64. The topological polar surface area (TPSA) is 106 Å². The highest BCUT2D eigenvalue weighted by Gasteiger charge is 2.20. The molecule has 2 aromatic carbocycles. The summed E-state index contributed by atoms with van der Waals surface area (Å²) < 4.78 is 18.5. The van der Waals surface area contributed by atoms with Crippen LogP contribution in [0.1, 0.15) is 20.0 Å². The molecule has 1 saturated heterocycles. The lowest BCUT2D eigenvalue weighted by molar-refractivity contribution is 0.0948. The molecule has 204 valence electrons. The lowest BCUT2D eigenvalue weighted by Crippen LogP contribution is -2.44. The monoisotopic (exact) mass is 551 g/mol. The second-order valence-electron chi connectivity index (χ2n) is 9.28. The predicted octanol–water partition coefficient (Wildman–Crippen LogP) is 3.57. The highest BCUT2D eigenvalue weighted by Crippen LogP contribution is 2.30. The van der Waals surface area contributed by atoms with Gasteiger partial charge in [0.05, 0.1) is 29.1 Å². The molecule has 2 aromatic heterocycles. The minimum Gasteiger partial charge on any atom is -0.383 e. The Labute approximate surface area is 229 Å². The molecule has 10 nitrogen and oxygen atoms in total. The number of aromatic nitrogens is 2. The van der Waals surface area contributed by atoms with Crippen molar-refractivity contribution in [3.63, 3.8) is 0 Å².